The fourth-order valence-corrected chi connectivity index (χ4v) is 3.63. The zero-order valence-corrected chi connectivity index (χ0v) is 15.8. The molecule has 1 aliphatic rings. The predicted molar refractivity (Wildman–Crippen MR) is 101 cm³/mol. The van der Waals surface area contributed by atoms with Gasteiger partial charge in [0.25, 0.3) is 0 Å². The van der Waals surface area contributed by atoms with Crippen molar-refractivity contribution in [2.75, 3.05) is 0 Å². The Hall–Kier alpha value is -2.14. The van der Waals surface area contributed by atoms with Crippen molar-refractivity contribution in [2.24, 2.45) is 0 Å². The van der Waals surface area contributed by atoms with Crippen LogP contribution in [0.3, 0.4) is 0 Å². The highest BCUT2D eigenvalue weighted by Gasteiger charge is 2.46. The van der Waals surface area contributed by atoms with E-state index in [-0.39, 0.29) is 11.8 Å². The minimum Gasteiger partial charge on any atom is -0.350 e. The lowest BCUT2D eigenvalue weighted by Crippen LogP contribution is -2.53. The maximum absolute atomic E-state index is 12.8. The highest BCUT2D eigenvalue weighted by Crippen LogP contribution is 2.32. The summed E-state index contributed by atoms with van der Waals surface area (Å²) in [6.45, 7) is 2.76. The first-order valence-electron chi connectivity index (χ1n) is 8.36. The number of benzene rings is 2. The fraction of sp³-hybridized carbons (Fsp3) is 0.300. The van der Waals surface area contributed by atoms with Gasteiger partial charge in [0.05, 0.1) is 0 Å². The van der Waals surface area contributed by atoms with Gasteiger partial charge >= 0.3 is 0 Å². The standard InChI is InChI=1S/C20H21BrN2O2/c1-20(19(25)22-13-15-6-3-2-4-7-15)11-10-18(24)23(20)14-16-8-5-9-17(21)12-16/h2-9,12H,10-11,13-14H2,1H3,(H,22,25)/t20-/m0/s1. The largest absolute Gasteiger partial charge is 0.350 e. The Bertz CT molecular complexity index is 778. The van der Waals surface area contributed by atoms with Crippen LogP contribution < -0.4 is 5.32 Å². The second kappa shape index (κ2) is 7.40. The van der Waals surface area contributed by atoms with E-state index in [1.54, 1.807) is 4.90 Å². The van der Waals surface area contributed by atoms with Crippen molar-refractivity contribution in [3.63, 3.8) is 0 Å². The van der Waals surface area contributed by atoms with Gasteiger partial charge in [-0.3, -0.25) is 9.59 Å². The topological polar surface area (TPSA) is 49.4 Å². The second-order valence-electron chi connectivity index (χ2n) is 6.55. The third-order valence-corrected chi connectivity index (χ3v) is 5.23. The highest BCUT2D eigenvalue weighted by molar-refractivity contribution is 9.10. The van der Waals surface area contributed by atoms with Crippen LogP contribution in [0.2, 0.25) is 0 Å². The van der Waals surface area contributed by atoms with Gasteiger partial charge in [-0.25, -0.2) is 0 Å². The molecule has 1 atom stereocenters. The van der Waals surface area contributed by atoms with E-state index < -0.39 is 5.54 Å². The van der Waals surface area contributed by atoms with E-state index in [9.17, 15) is 9.59 Å². The Balaban J connectivity index is 1.73. The van der Waals surface area contributed by atoms with E-state index in [2.05, 4.69) is 21.2 Å². The first-order valence-corrected chi connectivity index (χ1v) is 9.15. The number of nitrogens with zero attached hydrogens (tertiary/aromatic N) is 1. The third kappa shape index (κ3) is 3.93. The van der Waals surface area contributed by atoms with Crippen molar-refractivity contribution >= 4 is 27.7 Å². The van der Waals surface area contributed by atoms with Gasteiger partial charge in [0, 0.05) is 24.0 Å². The molecule has 3 rings (SSSR count). The van der Waals surface area contributed by atoms with E-state index in [1.807, 2.05) is 61.5 Å². The van der Waals surface area contributed by atoms with Gasteiger partial charge in [-0.15, -0.1) is 0 Å². The fourth-order valence-electron chi connectivity index (χ4n) is 3.18. The number of nitrogens with one attached hydrogen (secondary N) is 1. The van der Waals surface area contributed by atoms with Crippen LogP contribution in [0.1, 0.15) is 30.9 Å². The SMILES string of the molecule is C[C@@]1(C(=O)NCc2ccccc2)CCC(=O)N1Cc1cccc(Br)c1. The Morgan fingerprint density at radius 1 is 1.16 bits per heavy atom. The van der Waals surface area contributed by atoms with Crippen molar-refractivity contribution in [3.05, 3.63) is 70.2 Å². The Labute approximate surface area is 156 Å². The number of carbonyl (C=O) groups excluding carboxylic acids is 2. The summed E-state index contributed by atoms with van der Waals surface area (Å²) in [7, 11) is 0. The van der Waals surface area contributed by atoms with Gasteiger partial charge in [-0.1, -0.05) is 58.4 Å². The normalized spacial score (nSPS) is 19.9. The zero-order valence-electron chi connectivity index (χ0n) is 14.2. The molecule has 0 spiro atoms. The highest BCUT2D eigenvalue weighted by atomic mass is 79.9. The summed E-state index contributed by atoms with van der Waals surface area (Å²) in [6.07, 6.45) is 0.948. The lowest BCUT2D eigenvalue weighted by Gasteiger charge is -2.34. The molecule has 0 bridgehead atoms. The van der Waals surface area contributed by atoms with Crippen LogP contribution >= 0.6 is 15.9 Å². The lowest BCUT2D eigenvalue weighted by atomic mass is 9.97. The quantitative estimate of drug-likeness (QED) is 0.832. The number of halogens is 1. The van der Waals surface area contributed by atoms with Crippen LogP contribution in [-0.2, 0) is 22.7 Å². The number of likely N-dealkylation sites (tertiary alicyclic amines) is 1. The Kier molecular flexibility index (Phi) is 5.23. The molecule has 2 aromatic carbocycles. The smallest absolute Gasteiger partial charge is 0.245 e. The molecule has 1 heterocycles. The number of rotatable bonds is 5. The number of amides is 2. The first-order chi connectivity index (χ1) is 12.0. The van der Waals surface area contributed by atoms with E-state index in [0.717, 1.165) is 15.6 Å². The molecular weight excluding hydrogens is 380 g/mol. The van der Waals surface area contributed by atoms with Gasteiger partial charge in [-0.2, -0.15) is 0 Å². The zero-order chi connectivity index (χ0) is 17.9. The van der Waals surface area contributed by atoms with Crippen LogP contribution in [0, 0.1) is 0 Å². The van der Waals surface area contributed by atoms with Crippen molar-refractivity contribution < 1.29 is 9.59 Å². The molecule has 0 unspecified atom stereocenters. The van der Waals surface area contributed by atoms with Crippen LogP contribution in [0.15, 0.2) is 59.1 Å². The first kappa shape index (κ1) is 17.7. The van der Waals surface area contributed by atoms with Gasteiger partial charge in [0.1, 0.15) is 5.54 Å². The summed E-state index contributed by atoms with van der Waals surface area (Å²) < 4.78 is 0.965. The molecule has 0 radical (unpaired) electrons. The molecule has 1 aliphatic heterocycles. The second-order valence-corrected chi connectivity index (χ2v) is 7.47. The molecular formula is C20H21BrN2O2. The monoisotopic (exact) mass is 400 g/mol. The summed E-state index contributed by atoms with van der Waals surface area (Å²) in [5, 5.41) is 2.99. The molecule has 1 N–H and O–H groups in total. The summed E-state index contributed by atoms with van der Waals surface area (Å²) in [5.41, 5.74) is 1.24. The Morgan fingerprint density at radius 3 is 2.60 bits per heavy atom. The predicted octanol–water partition coefficient (Wildman–Crippen LogP) is 3.65. The van der Waals surface area contributed by atoms with Gasteiger partial charge < -0.3 is 10.2 Å². The minimum absolute atomic E-state index is 0.0253. The number of hydrogen-bond acceptors (Lipinski definition) is 2. The molecule has 1 saturated heterocycles. The van der Waals surface area contributed by atoms with Crippen LogP contribution in [0.5, 0.6) is 0 Å². The molecule has 5 heteroatoms. The van der Waals surface area contributed by atoms with Crippen LogP contribution in [0.4, 0.5) is 0 Å². The van der Waals surface area contributed by atoms with Crippen molar-refractivity contribution in [1.29, 1.82) is 0 Å². The minimum atomic E-state index is -0.811. The maximum Gasteiger partial charge on any atom is 0.245 e. The molecule has 4 nitrogen and oxygen atoms in total. The van der Waals surface area contributed by atoms with Gasteiger partial charge in [-0.05, 0) is 36.6 Å². The molecule has 0 aliphatic carbocycles. The van der Waals surface area contributed by atoms with E-state index in [1.165, 1.54) is 0 Å². The number of hydrogen-bond donors (Lipinski definition) is 1. The van der Waals surface area contributed by atoms with Crippen LogP contribution in [0.25, 0.3) is 0 Å². The van der Waals surface area contributed by atoms with E-state index in [4.69, 9.17) is 0 Å². The van der Waals surface area contributed by atoms with E-state index >= 15 is 0 Å². The molecule has 25 heavy (non-hydrogen) atoms. The van der Waals surface area contributed by atoms with Crippen molar-refractivity contribution in [2.45, 2.75) is 38.4 Å². The summed E-state index contributed by atoms with van der Waals surface area (Å²) >= 11 is 3.45. The molecule has 0 saturated carbocycles. The molecule has 1 fully saturated rings. The lowest BCUT2D eigenvalue weighted by molar-refractivity contribution is -0.141. The summed E-state index contributed by atoms with van der Waals surface area (Å²) in [5.74, 6) is -0.0745. The third-order valence-electron chi connectivity index (χ3n) is 4.74. The van der Waals surface area contributed by atoms with Gasteiger partial charge in [0.2, 0.25) is 11.8 Å². The van der Waals surface area contributed by atoms with Crippen molar-refractivity contribution in [3.8, 4) is 0 Å². The van der Waals surface area contributed by atoms with Crippen LogP contribution in [-0.4, -0.2) is 22.3 Å². The molecule has 0 aromatic heterocycles. The average molecular weight is 401 g/mol. The molecule has 130 valence electrons. The Morgan fingerprint density at radius 2 is 1.88 bits per heavy atom. The summed E-state index contributed by atoms with van der Waals surface area (Å²) in [6, 6.07) is 17.6. The molecule has 2 amide bonds. The summed E-state index contributed by atoms with van der Waals surface area (Å²) in [4.78, 5) is 26.9. The number of carbonyl (C=O) groups is 2. The van der Waals surface area contributed by atoms with E-state index in [0.29, 0.717) is 25.9 Å². The maximum atomic E-state index is 12.8. The molecule has 2 aromatic rings. The van der Waals surface area contributed by atoms with Crippen molar-refractivity contribution in [1.82, 2.24) is 10.2 Å². The average Bonchev–Trinajstić information content (AvgIpc) is 2.90. The van der Waals surface area contributed by atoms with Gasteiger partial charge in [0.15, 0.2) is 0 Å².